The lowest BCUT2D eigenvalue weighted by Crippen LogP contribution is -2.15. The fourth-order valence-electron chi connectivity index (χ4n) is 3.36. The highest BCUT2D eigenvalue weighted by Gasteiger charge is 2.22. The van der Waals surface area contributed by atoms with Gasteiger partial charge in [0.15, 0.2) is 0 Å². The average molecular weight is 285 g/mol. The molecule has 0 fully saturated rings. The SMILES string of the molecule is Cc1cc(C)c(C)c(C(N)c2cc3c(s2)CCC3)c1C. The largest absolute Gasteiger partial charge is 0.320 e. The maximum Gasteiger partial charge on any atom is 0.0651 e. The number of aryl methyl sites for hydroxylation is 4. The van der Waals surface area contributed by atoms with Crippen LogP contribution in [0.3, 0.4) is 0 Å². The second-order valence-corrected chi connectivity index (χ2v) is 7.27. The maximum absolute atomic E-state index is 6.63. The number of hydrogen-bond donors (Lipinski definition) is 1. The van der Waals surface area contributed by atoms with Gasteiger partial charge < -0.3 is 5.73 Å². The number of thiophene rings is 1. The van der Waals surface area contributed by atoms with Crippen LogP contribution in [0, 0.1) is 27.7 Å². The predicted molar refractivity (Wildman–Crippen MR) is 87.8 cm³/mol. The minimum absolute atomic E-state index is 0.0317. The van der Waals surface area contributed by atoms with Crippen molar-refractivity contribution in [3.63, 3.8) is 0 Å². The zero-order valence-electron chi connectivity index (χ0n) is 12.8. The van der Waals surface area contributed by atoms with Crippen molar-refractivity contribution < 1.29 is 0 Å². The minimum atomic E-state index is 0.0317. The van der Waals surface area contributed by atoms with E-state index in [1.54, 1.807) is 10.4 Å². The molecule has 2 N–H and O–H groups in total. The summed E-state index contributed by atoms with van der Waals surface area (Å²) in [5, 5.41) is 0. The molecule has 1 atom stereocenters. The molecule has 2 heteroatoms. The molecule has 1 unspecified atom stereocenters. The molecule has 0 saturated carbocycles. The lowest BCUT2D eigenvalue weighted by molar-refractivity contribution is 0.858. The molecule has 0 amide bonds. The summed E-state index contributed by atoms with van der Waals surface area (Å²) in [6.07, 6.45) is 3.80. The van der Waals surface area contributed by atoms with E-state index in [9.17, 15) is 0 Å². The molecule has 20 heavy (non-hydrogen) atoms. The van der Waals surface area contributed by atoms with Crippen LogP contribution in [0.15, 0.2) is 12.1 Å². The molecule has 0 aliphatic heterocycles. The van der Waals surface area contributed by atoms with Gasteiger partial charge in [0.1, 0.15) is 0 Å². The van der Waals surface area contributed by atoms with Crippen LogP contribution < -0.4 is 5.73 Å². The Bertz CT molecular complexity index is 619. The fourth-order valence-corrected chi connectivity index (χ4v) is 4.63. The summed E-state index contributed by atoms with van der Waals surface area (Å²) < 4.78 is 0. The summed E-state index contributed by atoms with van der Waals surface area (Å²) >= 11 is 1.93. The molecular formula is C18H23NS. The molecular weight excluding hydrogens is 262 g/mol. The molecule has 1 aliphatic rings. The van der Waals surface area contributed by atoms with E-state index in [1.165, 1.54) is 52.0 Å². The van der Waals surface area contributed by atoms with Crippen molar-refractivity contribution in [3.05, 3.63) is 55.3 Å². The number of hydrogen-bond acceptors (Lipinski definition) is 2. The first kappa shape index (κ1) is 13.8. The highest BCUT2D eigenvalue weighted by Crippen LogP contribution is 2.37. The Morgan fingerprint density at radius 2 is 1.65 bits per heavy atom. The van der Waals surface area contributed by atoms with E-state index in [0.717, 1.165) is 0 Å². The molecule has 0 spiro atoms. The van der Waals surface area contributed by atoms with Gasteiger partial charge in [-0.25, -0.2) is 0 Å². The third kappa shape index (κ3) is 2.11. The smallest absolute Gasteiger partial charge is 0.0651 e. The van der Waals surface area contributed by atoms with Crippen LogP contribution in [0.1, 0.15) is 55.6 Å². The number of benzene rings is 1. The normalized spacial score (nSPS) is 15.4. The standard InChI is InChI=1S/C18H23NS/c1-10-8-11(2)13(4)17(12(10)3)18(19)16-9-14-6-5-7-15(14)20-16/h8-9,18H,5-7,19H2,1-4H3. The van der Waals surface area contributed by atoms with E-state index in [4.69, 9.17) is 5.73 Å². The topological polar surface area (TPSA) is 26.0 Å². The van der Waals surface area contributed by atoms with Gasteiger partial charge >= 0.3 is 0 Å². The summed E-state index contributed by atoms with van der Waals surface area (Å²) in [5.41, 5.74) is 14.9. The van der Waals surface area contributed by atoms with Gasteiger partial charge in [-0.3, -0.25) is 0 Å². The van der Waals surface area contributed by atoms with Crippen LogP contribution in [-0.4, -0.2) is 0 Å². The van der Waals surface area contributed by atoms with Crippen LogP contribution in [0.2, 0.25) is 0 Å². The average Bonchev–Trinajstić information content (AvgIpc) is 2.97. The molecule has 0 bridgehead atoms. The Hall–Kier alpha value is -1.12. The van der Waals surface area contributed by atoms with Crippen molar-refractivity contribution >= 4 is 11.3 Å². The Labute approximate surface area is 125 Å². The lowest BCUT2D eigenvalue weighted by atomic mass is 9.89. The van der Waals surface area contributed by atoms with Gasteiger partial charge in [-0.1, -0.05) is 6.07 Å². The summed E-state index contributed by atoms with van der Waals surface area (Å²) in [5.74, 6) is 0. The summed E-state index contributed by atoms with van der Waals surface area (Å²) in [7, 11) is 0. The van der Waals surface area contributed by atoms with Crippen molar-refractivity contribution in [1.82, 2.24) is 0 Å². The van der Waals surface area contributed by atoms with Crippen molar-refractivity contribution in [2.24, 2.45) is 5.73 Å². The third-order valence-electron chi connectivity index (χ3n) is 4.81. The molecule has 0 saturated heterocycles. The highest BCUT2D eigenvalue weighted by atomic mass is 32.1. The Morgan fingerprint density at radius 3 is 2.25 bits per heavy atom. The number of nitrogens with two attached hydrogens (primary N) is 1. The van der Waals surface area contributed by atoms with E-state index < -0.39 is 0 Å². The van der Waals surface area contributed by atoms with Gasteiger partial charge in [-0.2, -0.15) is 0 Å². The highest BCUT2D eigenvalue weighted by molar-refractivity contribution is 7.12. The molecule has 1 aliphatic carbocycles. The van der Waals surface area contributed by atoms with Gasteiger partial charge in [-0.15, -0.1) is 11.3 Å². The van der Waals surface area contributed by atoms with Crippen molar-refractivity contribution in [1.29, 1.82) is 0 Å². The zero-order chi connectivity index (χ0) is 14.4. The zero-order valence-corrected chi connectivity index (χ0v) is 13.7. The third-order valence-corrected chi connectivity index (χ3v) is 6.13. The van der Waals surface area contributed by atoms with Gasteiger partial charge in [0, 0.05) is 9.75 Å². The Balaban J connectivity index is 2.08. The monoisotopic (exact) mass is 285 g/mol. The molecule has 1 aromatic heterocycles. The van der Waals surface area contributed by atoms with E-state index >= 15 is 0 Å². The van der Waals surface area contributed by atoms with Gasteiger partial charge in [0.05, 0.1) is 6.04 Å². The molecule has 1 heterocycles. The van der Waals surface area contributed by atoms with Crippen LogP contribution in [-0.2, 0) is 12.8 Å². The van der Waals surface area contributed by atoms with Crippen LogP contribution in [0.4, 0.5) is 0 Å². The minimum Gasteiger partial charge on any atom is -0.320 e. The number of fused-ring (bicyclic) bond motifs is 1. The number of rotatable bonds is 2. The van der Waals surface area contributed by atoms with Crippen LogP contribution >= 0.6 is 11.3 Å². The van der Waals surface area contributed by atoms with Crippen LogP contribution in [0.25, 0.3) is 0 Å². The van der Waals surface area contributed by atoms with Crippen molar-refractivity contribution in [2.75, 3.05) is 0 Å². The lowest BCUT2D eigenvalue weighted by Gasteiger charge is -2.20. The van der Waals surface area contributed by atoms with E-state index in [-0.39, 0.29) is 6.04 Å². The molecule has 106 valence electrons. The van der Waals surface area contributed by atoms with Crippen molar-refractivity contribution in [3.8, 4) is 0 Å². The first-order valence-corrected chi connectivity index (χ1v) is 8.25. The Kier molecular flexibility index (Phi) is 3.47. The van der Waals surface area contributed by atoms with Crippen molar-refractivity contribution in [2.45, 2.75) is 53.0 Å². The Morgan fingerprint density at radius 1 is 1.00 bits per heavy atom. The van der Waals surface area contributed by atoms with Gasteiger partial charge in [0.25, 0.3) is 0 Å². The first-order chi connectivity index (χ1) is 9.49. The molecule has 1 aromatic carbocycles. The molecule has 0 radical (unpaired) electrons. The quantitative estimate of drug-likeness (QED) is 0.862. The van der Waals surface area contributed by atoms with Crippen LogP contribution in [0.5, 0.6) is 0 Å². The second-order valence-electron chi connectivity index (χ2n) is 6.10. The second kappa shape index (κ2) is 5.01. The van der Waals surface area contributed by atoms with E-state index in [0.29, 0.717) is 0 Å². The fraction of sp³-hybridized carbons (Fsp3) is 0.444. The predicted octanol–water partition coefficient (Wildman–Crippen LogP) is 4.52. The summed E-state index contributed by atoms with van der Waals surface area (Å²) in [6.45, 7) is 8.79. The van der Waals surface area contributed by atoms with E-state index in [2.05, 4.69) is 39.8 Å². The molecule has 2 aromatic rings. The maximum atomic E-state index is 6.63. The first-order valence-electron chi connectivity index (χ1n) is 7.43. The molecule has 3 rings (SSSR count). The summed E-state index contributed by atoms with van der Waals surface area (Å²) in [6, 6.07) is 4.66. The van der Waals surface area contributed by atoms with E-state index in [1.807, 2.05) is 11.3 Å². The summed E-state index contributed by atoms with van der Waals surface area (Å²) in [4.78, 5) is 2.90. The van der Waals surface area contributed by atoms with Gasteiger partial charge in [0.2, 0.25) is 0 Å². The molecule has 1 nitrogen and oxygen atoms in total. The van der Waals surface area contributed by atoms with Gasteiger partial charge in [-0.05, 0) is 86.4 Å².